The third-order valence-corrected chi connectivity index (χ3v) is 6.49. The number of amides is 1. The Morgan fingerprint density at radius 2 is 1.94 bits per heavy atom. The lowest BCUT2D eigenvalue weighted by molar-refractivity contribution is -0.384. The van der Waals surface area contributed by atoms with Gasteiger partial charge in [-0.25, -0.2) is 4.98 Å². The number of morpholine rings is 1. The zero-order valence-electron chi connectivity index (χ0n) is 17.5. The van der Waals surface area contributed by atoms with Gasteiger partial charge in [-0.05, 0) is 43.3 Å². The second-order valence-corrected chi connectivity index (χ2v) is 8.77. The first-order chi connectivity index (χ1) is 15.3. The van der Waals surface area contributed by atoms with Crippen LogP contribution in [0, 0.1) is 24.0 Å². The number of ether oxygens (including phenoxy) is 1. The number of carbonyl (C=O) groups is 1. The van der Waals surface area contributed by atoms with E-state index in [-0.39, 0.29) is 16.4 Å². The van der Waals surface area contributed by atoms with E-state index in [4.69, 9.17) is 17.0 Å². The topological polar surface area (TPSA) is 110 Å². The Balaban J connectivity index is 1.55. The molecule has 0 spiro atoms. The summed E-state index contributed by atoms with van der Waals surface area (Å²) in [6.45, 7) is 6.22. The average Bonchev–Trinajstić information content (AvgIpc) is 3.21. The van der Waals surface area contributed by atoms with E-state index in [1.165, 1.54) is 23.5 Å². The monoisotopic (exact) mass is 471 g/mol. The van der Waals surface area contributed by atoms with Crippen molar-refractivity contribution in [1.82, 2.24) is 10.3 Å². The first kappa shape index (κ1) is 22.1. The number of hydrogen-bond acceptors (Lipinski definition) is 8. The summed E-state index contributed by atoms with van der Waals surface area (Å²) in [6, 6.07) is 8.30. The van der Waals surface area contributed by atoms with Crippen LogP contribution in [0.1, 0.15) is 21.5 Å². The van der Waals surface area contributed by atoms with Gasteiger partial charge in [0.2, 0.25) is 0 Å². The van der Waals surface area contributed by atoms with Crippen LogP contribution >= 0.6 is 23.6 Å². The van der Waals surface area contributed by atoms with E-state index in [1.54, 1.807) is 6.07 Å². The summed E-state index contributed by atoms with van der Waals surface area (Å²) in [5, 5.41) is 17.5. The molecule has 1 saturated heterocycles. The highest BCUT2D eigenvalue weighted by atomic mass is 32.1. The number of thiocarbonyl (C=S) groups is 1. The SMILES string of the molecule is Cc1ccc(C)c2sc(NC(=S)NC(=O)c3cc([N+](=O)[O-])ccc3N3CCOCC3)nc12. The van der Waals surface area contributed by atoms with Gasteiger partial charge >= 0.3 is 0 Å². The summed E-state index contributed by atoms with van der Waals surface area (Å²) in [7, 11) is 0. The minimum absolute atomic E-state index is 0.0730. The quantitative estimate of drug-likeness (QED) is 0.336. The molecule has 1 aliphatic heterocycles. The van der Waals surface area contributed by atoms with Crippen molar-refractivity contribution in [2.45, 2.75) is 13.8 Å². The number of nitrogens with one attached hydrogen (secondary N) is 2. The van der Waals surface area contributed by atoms with Crippen molar-refractivity contribution < 1.29 is 14.5 Å². The van der Waals surface area contributed by atoms with Crippen molar-refractivity contribution in [1.29, 1.82) is 0 Å². The molecule has 4 rings (SSSR count). The van der Waals surface area contributed by atoms with Gasteiger partial charge in [0.25, 0.3) is 11.6 Å². The van der Waals surface area contributed by atoms with E-state index >= 15 is 0 Å². The van der Waals surface area contributed by atoms with Crippen LogP contribution in [0.4, 0.5) is 16.5 Å². The number of hydrogen-bond donors (Lipinski definition) is 2. The maximum atomic E-state index is 13.0. The molecule has 0 unspecified atom stereocenters. The van der Waals surface area contributed by atoms with Gasteiger partial charge in [0.15, 0.2) is 10.2 Å². The molecule has 0 aliphatic carbocycles. The lowest BCUT2D eigenvalue weighted by atomic mass is 10.1. The van der Waals surface area contributed by atoms with Gasteiger partial charge in [-0.2, -0.15) is 0 Å². The highest BCUT2D eigenvalue weighted by molar-refractivity contribution is 7.80. The molecule has 2 aromatic carbocycles. The van der Waals surface area contributed by atoms with E-state index in [0.717, 1.165) is 21.3 Å². The molecule has 1 aliphatic rings. The third kappa shape index (κ3) is 4.54. The molecule has 0 saturated carbocycles. The molecule has 2 N–H and O–H groups in total. The number of nitrogens with zero attached hydrogens (tertiary/aromatic N) is 3. The number of fused-ring (bicyclic) bond motifs is 1. The molecule has 1 aromatic heterocycles. The lowest BCUT2D eigenvalue weighted by Gasteiger charge is -2.30. The van der Waals surface area contributed by atoms with Gasteiger partial charge in [0.05, 0.1) is 39.6 Å². The van der Waals surface area contributed by atoms with Crippen LogP contribution in [-0.2, 0) is 4.74 Å². The summed E-state index contributed by atoms with van der Waals surface area (Å²) < 4.78 is 6.42. The van der Waals surface area contributed by atoms with Crippen LogP contribution in [0.2, 0.25) is 0 Å². The Kier molecular flexibility index (Phi) is 6.31. The second-order valence-electron chi connectivity index (χ2n) is 7.36. The average molecular weight is 472 g/mol. The molecule has 2 heterocycles. The smallest absolute Gasteiger partial charge is 0.270 e. The van der Waals surface area contributed by atoms with Crippen molar-refractivity contribution in [3.8, 4) is 0 Å². The first-order valence-electron chi connectivity index (χ1n) is 9.93. The third-order valence-electron chi connectivity index (χ3n) is 5.18. The number of anilines is 2. The molecule has 1 amide bonds. The molecule has 0 radical (unpaired) electrons. The van der Waals surface area contributed by atoms with Gasteiger partial charge in [-0.3, -0.25) is 20.2 Å². The standard InChI is InChI=1S/C21H21N5O4S2/c1-12-3-4-13(2)18-17(12)22-21(32-18)24-20(31)23-19(27)15-11-14(26(28)29)5-6-16(15)25-7-9-30-10-8-25/h3-6,11H,7-10H2,1-2H3,(H2,22,23,24,27,31). The predicted octanol–water partition coefficient (Wildman–Crippen LogP) is 3.78. The van der Waals surface area contributed by atoms with Crippen molar-refractivity contribution in [3.05, 3.63) is 57.1 Å². The Hall–Kier alpha value is -3.15. The number of aryl methyl sites for hydroxylation is 2. The number of nitro benzene ring substituents is 1. The molecule has 0 bridgehead atoms. The van der Waals surface area contributed by atoms with Gasteiger partial charge in [0.1, 0.15) is 0 Å². The molecule has 0 atom stereocenters. The number of benzene rings is 2. The first-order valence-corrected chi connectivity index (χ1v) is 11.2. The maximum Gasteiger partial charge on any atom is 0.270 e. The van der Waals surface area contributed by atoms with Gasteiger partial charge in [-0.1, -0.05) is 23.5 Å². The van der Waals surface area contributed by atoms with Crippen LogP contribution in [0.5, 0.6) is 0 Å². The predicted molar refractivity (Wildman–Crippen MR) is 129 cm³/mol. The minimum atomic E-state index is -0.527. The maximum absolute atomic E-state index is 13.0. The largest absolute Gasteiger partial charge is 0.378 e. The number of non-ortho nitro benzene ring substituents is 1. The summed E-state index contributed by atoms with van der Waals surface area (Å²) in [6.07, 6.45) is 0. The van der Waals surface area contributed by atoms with Crippen molar-refractivity contribution in [3.63, 3.8) is 0 Å². The Morgan fingerprint density at radius 1 is 1.22 bits per heavy atom. The normalized spacial score (nSPS) is 13.8. The number of rotatable bonds is 4. The summed E-state index contributed by atoms with van der Waals surface area (Å²) in [5.41, 5.74) is 3.67. The van der Waals surface area contributed by atoms with Crippen LogP contribution in [-0.4, -0.2) is 47.2 Å². The number of nitro groups is 1. The van der Waals surface area contributed by atoms with E-state index in [1.807, 2.05) is 30.9 Å². The fourth-order valence-corrected chi connectivity index (χ4v) is 4.78. The molecule has 32 heavy (non-hydrogen) atoms. The minimum Gasteiger partial charge on any atom is -0.378 e. The van der Waals surface area contributed by atoms with E-state index in [9.17, 15) is 14.9 Å². The fourth-order valence-electron chi connectivity index (χ4n) is 3.51. The van der Waals surface area contributed by atoms with Crippen LogP contribution in [0.15, 0.2) is 30.3 Å². The molecular weight excluding hydrogens is 450 g/mol. The van der Waals surface area contributed by atoms with Gasteiger partial charge in [-0.15, -0.1) is 0 Å². The summed E-state index contributed by atoms with van der Waals surface area (Å²) in [5.74, 6) is -0.527. The molecule has 166 valence electrons. The summed E-state index contributed by atoms with van der Waals surface area (Å²) >= 11 is 6.77. The fraction of sp³-hybridized carbons (Fsp3) is 0.286. The van der Waals surface area contributed by atoms with Crippen molar-refractivity contribution in [2.24, 2.45) is 0 Å². The van der Waals surface area contributed by atoms with Crippen LogP contribution < -0.4 is 15.5 Å². The number of carbonyl (C=O) groups excluding carboxylic acids is 1. The molecular formula is C21H21N5O4S2. The van der Waals surface area contributed by atoms with Crippen LogP contribution in [0.3, 0.4) is 0 Å². The van der Waals surface area contributed by atoms with Gasteiger partial charge in [0, 0.05) is 25.2 Å². The highest BCUT2D eigenvalue weighted by Gasteiger charge is 2.23. The Labute approximate surface area is 193 Å². The second kappa shape index (κ2) is 9.15. The van der Waals surface area contributed by atoms with Crippen molar-refractivity contribution >= 4 is 61.3 Å². The molecule has 11 heteroatoms. The zero-order chi connectivity index (χ0) is 22.8. The molecule has 1 fully saturated rings. The number of thiazole rings is 1. The van der Waals surface area contributed by atoms with Crippen LogP contribution in [0.25, 0.3) is 10.2 Å². The number of aromatic nitrogens is 1. The summed E-state index contributed by atoms with van der Waals surface area (Å²) in [4.78, 5) is 30.3. The Morgan fingerprint density at radius 3 is 2.62 bits per heavy atom. The lowest BCUT2D eigenvalue weighted by Crippen LogP contribution is -2.39. The zero-order valence-corrected chi connectivity index (χ0v) is 19.1. The van der Waals surface area contributed by atoms with E-state index in [0.29, 0.717) is 37.1 Å². The van der Waals surface area contributed by atoms with Gasteiger partial charge < -0.3 is 15.0 Å². The molecule has 3 aromatic rings. The van der Waals surface area contributed by atoms with E-state index < -0.39 is 10.8 Å². The highest BCUT2D eigenvalue weighted by Crippen LogP contribution is 2.31. The van der Waals surface area contributed by atoms with E-state index in [2.05, 4.69) is 15.6 Å². The Bertz CT molecular complexity index is 1180. The molecule has 9 nitrogen and oxygen atoms in total. The van der Waals surface area contributed by atoms with Crippen molar-refractivity contribution in [2.75, 3.05) is 36.5 Å².